The second-order valence-electron chi connectivity index (χ2n) is 5.79. The summed E-state index contributed by atoms with van der Waals surface area (Å²) in [5, 5.41) is 0.380. The predicted octanol–water partition coefficient (Wildman–Crippen LogP) is 1.88. The number of anilines is 1. The van der Waals surface area contributed by atoms with Crippen molar-refractivity contribution in [2.24, 2.45) is 5.92 Å². The molecular weight excluding hydrogens is 310 g/mol. The first-order valence-electron chi connectivity index (χ1n) is 7.00. The molecule has 0 unspecified atom stereocenters. The summed E-state index contributed by atoms with van der Waals surface area (Å²) in [5.74, 6) is 0.545. The second-order valence-corrected chi connectivity index (χ2v) is 8.13. The largest absolute Gasteiger partial charge is 0.398 e. The molecule has 1 aliphatic rings. The standard InChI is InChI=1S/C14H22ClN3O2S/c1-17(2)10-11-5-7-18(8-6-11)21(19,20)14-9-12(15)3-4-13(14)16/h3-4,9,11H,5-8,10,16H2,1-2H3. The lowest BCUT2D eigenvalue weighted by atomic mass is 9.98. The molecule has 0 aliphatic carbocycles. The molecule has 0 atom stereocenters. The molecule has 0 amide bonds. The van der Waals surface area contributed by atoms with Gasteiger partial charge < -0.3 is 10.6 Å². The zero-order valence-corrected chi connectivity index (χ0v) is 14.0. The summed E-state index contributed by atoms with van der Waals surface area (Å²) in [6.07, 6.45) is 1.75. The molecule has 1 aromatic carbocycles. The van der Waals surface area contributed by atoms with Gasteiger partial charge in [-0.15, -0.1) is 0 Å². The Bertz CT molecular complexity index is 596. The summed E-state index contributed by atoms with van der Waals surface area (Å²) in [7, 11) is 0.518. The highest BCUT2D eigenvalue weighted by molar-refractivity contribution is 7.89. The molecular formula is C14H22ClN3O2S. The van der Waals surface area contributed by atoms with E-state index in [4.69, 9.17) is 17.3 Å². The Labute approximate surface area is 131 Å². The van der Waals surface area contributed by atoms with Crippen LogP contribution in [0.25, 0.3) is 0 Å². The Balaban J connectivity index is 2.13. The SMILES string of the molecule is CN(C)CC1CCN(S(=O)(=O)c2cc(Cl)ccc2N)CC1. The fraction of sp³-hybridized carbons (Fsp3) is 0.571. The van der Waals surface area contributed by atoms with Gasteiger partial charge in [0.15, 0.2) is 0 Å². The molecule has 0 radical (unpaired) electrons. The van der Waals surface area contributed by atoms with Crippen molar-refractivity contribution >= 4 is 27.3 Å². The summed E-state index contributed by atoms with van der Waals surface area (Å²) in [6, 6.07) is 4.56. The summed E-state index contributed by atoms with van der Waals surface area (Å²) in [4.78, 5) is 2.25. The van der Waals surface area contributed by atoms with Crippen molar-refractivity contribution < 1.29 is 8.42 Å². The number of nitrogens with zero attached hydrogens (tertiary/aromatic N) is 2. The molecule has 0 aromatic heterocycles. The third-order valence-electron chi connectivity index (χ3n) is 3.79. The van der Waals surface area contributed by atoms with E-state index >= 15 is 0 Å². The maximum Gasteiger partial charge on any atom is 0.245 e. The third-order valence-corrected chi connectivity index (χ3v) is 5.98. The van der Waals surface area contributed by atoms with Crippen LogP contribution in [0.3, 0.4) is 0 Å². The minimum absolute atomic E-state index is 0.112. The quantitative estimate of drug-likeness (QED) is 0.855. The van der Waals surface area contributed by atoms with Gasteiger partial charge in [0.2, 0.25) is 10.0 Å². The molecule has 1 aliphatic heterocycles. The number of halogens is 1. The third kappa shape index (κ3) is 3.88. The predicted molar refractivity (Wildman–Crippen MR) is 85.9 cm³/mol. The number of benzene rings is 1. The zero-order valence-electron chi connectivity index (χ0n) is 12.4. The van der Waals surface area contributed by atoms with Gasteiger partial charge in [0.05, 0.1) is 5.69 Å². The first kappa shape index (κ1) is 16.5. The molecule has 2 N–H and O–H groups in total. The van der Waals surface area contributed by atoms with Crippen LogP contribution in [0, 0.1) is 5.92 Å². The number of sulfonamides is 1. The van der Waals surface area contributed by atoms with Gasteiger partial charge in [-0.2, -0.15) is 4.31 Å². The van der Waals surface area contributed by atoms with Crippen LogP contribution in [-0.2, 0) is 10.0 Å². The van der Waals surface area contributed by atoms with Crippen LogP contribution in [-0.4, -0.2) is 51.4 Å². The Hall–Kier alpha value is -0.820. The lowest BCUT2D eigenvalue weighted by Gasteiger charge is -2.32. The van der Waals surface area contributed by atoms with Crippen molar-refractivity contribution in [1.29, 1.82) is 0 Å². The van der Waals surface area contributed by atoms with Crippen LogP contribution in [0.4, 0.5) is 5.69 Å². The molecule has 1 fully saturated rings. The number of nitrogens with two attached hydrogens (primary N) is 1. The molecule has 118 valence electrons. The van der Waals surface area contributed by atoms with E-state index in [0.717, 1.165) is 19.4 Å². The van der Waals surface area contributed by atoms with Crippen LogP contribution < -0.4 is 5.73 Å². The van der Waals surface area contributed by atoms with Crippen LogP contribution in [0.1, 0.15) is 12.8 Å². The molecule has 0 saturated carbocycles. The minimum Gasteiger partial charge on any atom is -0.398 e. The highest BCUT2D eigenvalue weighted by Crippen LogP contribution is 2.29. The molecule has 7 heteroatoms. The van der Waals surface area contributed by atoms with Crippen molar-refractivity contribution in [2.45, 2.75) is 17.7 Å². The number of nitrogen functional groups attached to an aromatic ring is 1. The van der Waals surface area contributed by atoms with Gasteiger partial charge in [0, 0.05) is 24.7 Å². The van der Waals surface area contributed by atoms with Gasteiger partial charge in [-0.05, 0) is 51.1 Å². The summed E-state index contributed by atoms with van der Waals surface area (Å²) in [5.41, 5.74) is 6.05. The van der Waals surface area contributed by atoms with Crippen molar-refractivity contribution in [1.82, 2.24) is 9.21 Å². The first-order chi connectivity index (χ1) is 9.80. The number of hydrogen-bond acceptors (Lipinski definition) is 4. The van der Waals surface area contributed by atoms with E-state index in [2.05, 4.69) is 4.90 Å². The van der Waals surface area contributed by atoms with Gasteiger partial charge in [-0.3, -0.25) is 0 Å². The lowest BCUT2D eigenvalue weighted by Crippen LogP contribution is -2.40. The van der Waals surface area contributed by atoms with Gasteiger partial charge >= 0.3 is 0 Å². The highest BCUT2D eigenvalue weighted by atomic mass is 35.5. The average molecular weight is 332 g/mol. The molecule has 1 heterocycles. The van der Waals surface area contributed by atoms with Gasteiger partial charge in [-0.1, -0.05) is 11.6 Å². The van der Waals surface area contributed by atoms with Crippen LogP contribution in [0.2, 0.25) is 5.02 Å². The highest BCUT2D eigenvalue weighted by Gasteiger charge is 2.30. The van der Waals surface area contributed by atoms with Gasteiger partial charge in [0.1, 0.15) is 4.90 Å². The van der Waals surface area contributed by atoms with Crippen molar-refractivity contribution in [2.75, 3.05) is 39.5 Å². The molecule has 0 bridgehead atoms. The lowest BCUT2D eigenvalue weighted by molar-refractivity contribution is 0.225. The van der Waals surface area contributed by atoms with Crippen LogP contribution >= 0.6 is 11.6 Å². The van der Waals surface area contributed by atoms with E-state index in [1.165, 1.54) is 16.4 Å². The molecule has 1 aromatic rings. The topological polar surface area (TPSA) is 66.6 Å². The molecule has 5 nitrogen and oxygen atoms in total. The van der Waals surface area contributed by atoms with E-state index in [9.17, 15) is 8.42 Å². The Morgan fingerprint density at radius 3 is 2.52 bits per heavy atom. The molecule has 21 heavy (non-hydrogen) atoms. The Morgan fingerprint density at radius 2 is 1.95 bits per heavy atom. The molecule has 0 spiro atoms. The van der Waals surface area contributed by atoms with Gasteiger partial charge in [-0.25, -0.2) is 8.42 Å². The van der Waals surface area contributed by atoms with Crippen molar-refractivity contribution in [3.05, 3.63) is 23.2 Å². The summed E-state index contributed by atoms with van der Waals surface area (Å²) >= 11 is 5.90. The van der Waals surface area contributed by atoms with E-state index in [1.54, 1.807) is 6.07 Å². The van der Waals surface area contributed by atoms with Gasteiger partial charge in [0.25, 0.3) is 0 Å². The smallest absolute Gasteiger partial charge is 0.245 e. The van der Waals surface area contributed by atoms with E-state index in [1.807, 2.05) is 14.1 Å². The number of piperidine rings is 1. The maximum absolute atomic E-state index is 12.7. The Morgan fingerprint density at radius 1 is 1.33 bits per heavy atom. The van der Waals surface area contributed by atoms with E-state index in [-0.39, 0.29) is 10.6 Å². The molecule has 1 saturated heterocycles. The zero-order chi connectivity index (χ0) is 15.6. The second kappa shape index (κ2) is 6.52. The summed E-state index contributed by atoms with van der Waals surface area (Å²) < 4.78 is 26.8. The monoisotopic (exact) mass is 331 g/mol. The number of rotatable bonds is 4. The first-order valence-corrected chi connectivity index (χ1v) is 8.82. The van der Waals surface area contributed by atoms with E-state index < -0.39 is 10.0 Å². The van der Waals surface area contributed by atoms with Crippen molar-refractivity contribution in [3.63, 3.8) is 0 Å². The maximum atomic E-state index is 12.7. The molecule has 2 rings (SSSR count). The minimum atomic E-state index is -3.56. The van der Waals surface area contributed by atoms with Crippen molar-refractivity contribution in [3.8, 4) is 0 Å². The number of hydrogen-bond donors (Lipinski definition) is 1. The van der Waals surface area contributed by atoms with Crippen LogP contribution in [0.15, 0.2) is 23.1 Å². The average Bonchev–Trinajstić information content (AvgIpc) is 2.41. The fourth-order valence-electron chi connectivity index (χ4n) is 2.72. The summed E-state index contributed by atoms with van der Waals surface area (Å²) in [6.45, 7) is 2.06. The normalized spacial score (nSPS) is 18.3. The van der Waals surface area contributed by atoms with Crippen LogP contribution in [0.5, 0.6) is 0 Å². The van der Waals surface area contributed by atoms with E-state index in [0.29, 0.717) is 24.0 Å². The Kier molecular flexibility index (Phi) is 5.14. The fourth-order valence-corrected chi connectivity index (χ4v) is 4.57.